The highest BCUT2D eigenvalue weighted by atomic mass is 16.5. The number of Topliss-reactive ketones (excluding diaryl/α,β-unsaturated/α-hetero) is 1. The molecule has 3 rings (SSSR count). The van der Waals surface area contributed by atoms with Gasteiger partial charge in [0.05, 0.1) is 19.6 Å². The molecule has 0 amide bonds. The standard InChI is InChI=1S/C20H22O4/c1-6-24-17-8-13-11(3)18-10(2)7-15(22)19(12(4)21)20(18)14(13)9-16(17)23-5/h7-9,19-20H,6H2,1-5H3/t19-,20+/m1/s1. The van der Waals surface area contributed by atoms with Crippen molar-refractivity contribution in [2.45, 2.75) is 33.6 Å². The lowest BCUT2D eigenvalue weighted by Crippen LogP contribution is -2.31. The maximum atomic E-state index is 12.5. The van der Waals surface area contributed by atoms with E-state index in [1.54, 1.807) is 13.2 Å². The Hall–Kier alpha value is -2.36. The lowest BCUT2D eigenvalue weighted by Gasteiger charge is -2.28. The van der Waals surface area contributed by atoms with E-state index in [2.05, 4.69) is 0 Å². The van der Waals surface area contributed by atoms with E-state index in [1.165, 1.54) is 6.92 Å². The molecule has 2 aliphatic carbocycles. The number of fused-ring (bicyclic) bond motifs is 3. The Kier molecular flexibility index (Phi) is 4.08. The van der Waals surface area contributed by atoms with Crippen LogP contribution >= 0.6 is 0 Å². The molecule has 2 aliphatic rings. The average Bonchev–Trinajstić information content (AvgIpc) is 2.79. The lowest BCUT2D eigenvalue weighted by molar-refractivity contribution is -0.129. The molecular weight excluding hydrogens is 304 g/mol. The van der Waals surface area contributed by atoms with Gasteiger partial charge in [-0.05, 0) is 73.7 Å². The highest BCUT2D eigenvalue weighted by Crippen LogP contribution is 2.53. The van der Waals surface area contributed by atoms with Gasteiger partial charge < -0.3 is 9.47 Å². The van der Waals surface area contributed by atoms with Crippen molar-refractivity contribution in [3.05, 3.63) is 40.5 Å². The third-order valence-electron chi connectivity index (χ3n) is 4.95. The fourth-order valence-corrected chi connectivity index (χ4v) is 3.99. The first-order valence-corrected chi connectivity index (χ1v) is 8.19. The molecule has 0 spiro atoms. The second kappa shape index (κ2) is 5.93. The molecule has 0 N–H and O–H groups in total. The number of hydrogen-bond acceptors (Lipinski definition) is 4. The summed E-state index contributed by atoms with van der Waals surface area (Å²) >= 11 is 0. The van der Waals surface area contributed by atoms with Crippen LogP contribution in [0.5, 0.6) is 11.5 Å². The molecule has 0 aliphatic heterocycles. The first-order valence-electron chi connectivity index (χ1n) is 8.19. The summed E-state index contributed by atoms with van der Waals surface area (Å²) in [4.78, 5) is 24.6. The summed E-state index contributed by atoms with van der Waals surface area (Å²) in [5, 5.41) is 0. The minimum Gasteiger partial charge on any atom is -0.493 e. The topological polar surface area (TPSA) is 52.6 Å². The van der Waals surface area contributed by atoms with E-state index in [-0.39, 0.29) is 17.5 Å². The Balaban J connectivity index is 2.25. The molecule has 4 nitrogen and oxygen atoms in total. The zero-order valence-electron chi connectivity index (χ0n) is 14.7. The molecule has 0 saturated carbocycles. The van der Waals surface area contributed by atoms with Crippen LogP contribution in [0.4, 0.5) is 0 Å². The third-order valence-corrected chi connectivity index (χ3v) is 4.95. The monoisotopic (exact) mass is 326 g/mol. The van der Waals surface area contributed by atoms with E-state index in [4.69, 9.17) is 9.47 Å². The van der Waals surface area contributed by atoms with Crippen molar-refractivity contribution in [2.75, 3.05) is 13.7 Å². The average molecular weight is 326 g/mol. The highest BCUT2D eigenvalue weighted by molar-refractivity contribution is 6.11. The SMILES string of the molecule is CCOc1cc2c(cc1OC)[C@H]1C(=C2C)C(C)=CC(=O)[C@H]1C(C)=O. The molecule has 0 bridgehead atoms. The Morgan fingerprint density at radius 1 is 1.21 bits per heavy atom. The fourth-order valence-electron chi connectivity index (χ4n) is 3.99. The van der Waals surface area contributed by atoms with Gasteiger partial charge in [-0.1, -0.05) is 0 Å². The minimum absolute atomic E-state index is 0.0975. The summed E-state index contributed by atoms with van der Waals surface area (Å²) in [5.41, 5.74) is 5.14. The van der Waals surface area contributed by atoms with Crippen LogP contribution in [0.1, 0.15) is 44.7 Å². The third kappa shape index (κ3) is 2.29. The fraction of sp³-hybridized carbons (Fsp3) is 0.400. The Morgan fingerprint density at radius 2 is 1.92 bits per heavy atom. The molecule has 0 aromatic heterocycles. The van der Waals surface area contributed by atoms with Gasteiger partial charge >= 0.3 is 0 Å². The van der Waals surface area contributed by atoms with E-state index in [0.717, 1.165) is 27.8 Å². The zero-order valence-corrected chi connectivity index (χ0v) is 14.7. The predicted octanol–water partition coefficient (Wildman–Crippen LogP) is 3.70. The van der Waals surface area contributed by atoms with Crippen molar-refractivity contribution in [2.24, 2.45) is 5.92 Å². The summed E-state index contributed by atoms with van der Waals surface area (Å²) in [6.45, 7) is 7.94. The number of carbonyl (C=O) groups excluding carboxylic acids is 2. The number of ketones is 2. The summed E-state index contributed by atoms with van der Waals surface area (Å²) in [6.07, 6.45) is 1.61. The van der Waals surface area contributed by atoms with E-state index in [9.17, 15) is 9.59 Å². The van der Waals surface area contributed by atoms with Crippen LogP contribution in [0.3, 0.4) is 0 Å². The molecule has 0 unspecified atom stereocenters. The minimum atomic E-state index is -0.650. The van der Waals surface area contributed by atoms with Crippen LogP contribution in [0.15, 0.2) is 29.4 Å². The molecule has 0 heterocycles. The second-order valence-electron chi connectivity index (χ2n) is 6.36. The maximum absolute atomic E-state index is 12.5. The van der Waals surface area contributed by atoms with Gasteiger partial charge in [0, 0.05) is 5.92 Å². The van der Waals surface area contributed by atoms with Crippen LogP contribution in [-0.2, 0) is 9.59 Å². The second-order valence-corrected chi connectivity index (χ2v) is 6.36. The number of carbonyl (C=O) groups is 2. The molecule has 4 heteroatoms. The van der Waals surface area contributed by atoms with Gasteiger partial charge in [-0.15, -0.1) is 0 Å². The van der Waals surface area contributed by atoms with E-state index in [1.807, 2.05) is 32.9 Å². The van der Waals surface area contributed by atoms with Crippen molar-refractivity contribution in [3.8, 4) is 11.5 Å². The van der Waals surface area contributed by atoms with Gasteiger partial charge in [0.15, 0.2) is 17.3 Å². The molecular formula is C20H22O4. The van der Waals surface area contributed by atoms with Crippen LogP contribution in [-0.4, -0.2) is 25.3 Å². The highest BCUT2D eigenvalue weighted by Gasteiger charge is 2.44. The summed E-state index contributed by atoms with van der Waals surface area (Å²) in [7, 11) is 1.60. The number of hydrogen-bond donors (Lipinski definition) is 0. The molecule has 126 valence electrons. The van der Waals surface area contributed by atoms with Gasteiger partial charge in [-0.2, -0.15) is 0 Å². The predicted molar refractivity (Wildman–Crippen MR) is 92.4 cm³/mol. The summed E-state index contributed by atoms with van der Waals surface area (Å²) in [5.74, 6) is 0.236. The van der Waals surface area contributed by atoms with Crippen LogP contribution in [0.25, 0.3) is 5.57 Å². The smallest absolute Gasteiger partial charge is 0.167 e. The molecule has 24 heavy (non-hydrogen) atoms. The molecule has 2 atom stereocenters. The number of rotatable bonds is 4. The zero-order chi connectivity index (χ0) is 17.6. The van der Waals surface area contributed by atoms with E-state index >= 15 is 0 Å². The quantitative estimate of drug-likeness (QED) is 0.792. The van der Waals surface area contributed by atoms with Crippen molar-refractivity contribution in [1.82, 2.24) is 0 Å². The molecule has 0 radical (unpaired) electrons. The van der Waals surface area contributed by atoms with Crippen molar-refractivity contribution >= 4 is 17.1 Å². The Morgan fingerprint density at radius 3 is 2.50 bits per heavy atom. The van der Waals surface area contributed by atoms with Crippen molar-refractivity contribution in [3.63, 3.8) is 0 Å². The normalized spacial score (nSPS) is 22.0. The van der Waals surface area contributed by atoms with Crippen molar-refractivity contribution < 1.29 is 19.1 Å². The van der Waals surface area contributed by atoms with Gasteiger partial charge in [-0.25, -0.2) is 0 Å². The Labute approximate surface area is 142 Å². The Bertz CT molecular complexity index is 798. The molecule has 1 aromatic carbocycles. The van der Waals surface area contributed by atoms with Gasteiger partial charge in [0.2, 0.25) is 0 Å². The van der Waals surface area contributed by atoms with Gasteiger partial charge in [-0.3, -0.25) is 9.59 Å². The van der Waals surface area contributed by atoms with Gasteiger partial charge in [0.25, 0.3) is 0 Å². The summed E-state index contributed by atoms with van der Waals surface area (Å²) in [6, 6.07) is 3.89. The molecule has 0 saturated heterocycles. The first kappa shape index (κ1) is 16.5. The van der Waals surface area contributed by atoms with Crippen molar-refractivity contribution in [1.29, 1.82) is 0 Å². The van der Waals surface area contributed by atoms with Gasteiger partial charge in [0.1, 0.15) is 5.78 Å². The number of allylic oxidation sites excluding steroid dienone is 4. The number of methoxy groups -OCH3 is 1. The molecule has 1 aromatic rings. The van der Waals surface area contributed by atoms with Crippen LogP contribution in [0, 0.1) is 5.92 Å². The van der Waals surface area contributed by atoms with Crippen LogP contribution < -0.4 is 9.47 Å². The maximum Gasteiger partial charge on any atom is 0.167 e. The first-order chi connectivity index (χ1) is 11.4. The lowest BCUT2D eigenvalue weighted by atomic mass is 9.72. The largest absolute Gasteiger partial charge is 0.493 e. The number of benzene rings is 1. The molecule has 0 fully saturated rings. The van der Waals surface area contributed by atoms with E-state index < -0.39 is 5.92 Å². The number of ether oxygens (including phenoxy) is 2. The van der Waals surface area contributed by atoms with Crippen LogP contribution in [0.2, 0.25) is 0 Å². The van der Waals surface area contributed by atoms with E-state index in [0.29, 0.717) is 18.1 Å². The summed E-state index contributed by atoms with van der Waals surface area (Å²) < 4.78 is 11.1.